The van der Waals surface area contributed by atoms with Crippen molar-refractivity contribution in [2.24, 2.45) is 0 Å². The van der Waals surface area contributed by atoms with Crippen LogP contribution in [-0.4, -0.2) is 27.9 Å². The fourth-order valence-electron chi connectivity index (χ4n) is 1.26. The number of rotatable bonds is 3. The van der Waals surface area contributed by atoms with E-state index in [0.717, 1.165) is 16.7 Å². The van der Waals surface area contributed by atoms with Gasteiger partial charge < -0.3 is 4.90 Å². The molecule has 2 aromatic rings. The van der Waals surface area contributed by atoms with Gasteiger partial charge in [-0.05, 0) is 0 Å². The molecule has 2 heterocycles. The number of nitrogens with one attached hydrogen (secondary N) is 1. The summed E-state index contributed by atoms with van der Waals surface area (Å²) < 4.78 is 37.2. The molecule has 20 heavy (non-hydrogen) atoms. The number of nitrogens with zero attached hydrogens (tertiary/aromatic N) is 3. The molecule has 2 amide bonds. The van der Waals surface area contributed by atoms with E-state index in [4.69, 9.17) is 0 Å². The fraction of sp³-hybridized carbons (Fsp3) is 0.300. The number of anilines is 1. The maximum atomic E-state index is 12.4. The lowest BCUT2D eigenvalue weighted by Gasteiger charge is -2.15. The van der Waals surface area contributed by atoms with Crippen molar-refractivity contribution in [3.8, 4) is 0 Å². The number of urea groups is 1. The maximum absolute atomic E-state index is 12.4. The van der Waals surface area contributed by atoms with Crippen LogP contribution in [0.3, 0.4) is 0 Å². The molecule has 0 atom stereocenters. The third kappa shape index (κ3) is 3.67. The lowest BCUT2D eigenvalue weighted by Crippen LogP contribution is -2.30. The van der Waals surface area contributed by atoms with Crippen molar-refractivity contribution in [3.05, 3.63) is 27.7 Å². The Hall–Kier alpha value is -1.68. The highest BCUT2D eigenvalue weighted by Crippen LogP contribution is 2.30. The second-order valence-electron chi connectivity index (χ2n) is 3.75. The molecule has 0 radical (unpaired) electrons. The van der Waals surface area contributed by atoms with Crippen LogP contribution in [0.25, 0.3) is 0 Å². The van der Waals surface area contributed by atoms with E-state index in [-0.39, 0.29) is 11.6 Å². The Morgan fingerprint density at radius 2 is 2.20 bits per heavy atom. The van der Waals surface area contributed by atoms with Crippen LogP contribution < -0.4 is 5.32 Å². The van der Waals surface area contributed by atoms with E-state index in [9.17, 15) is 18.0 Å². The zero-order valence-electron chi connectivity index (χ0n) is 10.1. The van der Waals surface area contributed by atoms with Gasteiger partial charge in [-0.25, -0.2) is 14.8 Å². The van der Waals surface area contributed by atoms with Crippen molar-refractivity contribution in [1.29, 1.82) is 0 Å². The summed E-state index contributed by atoms with van der Waals surface area (Å²) in [6, 6.07) is -0.455. The second-order valence-corrected chi connectivity index (χ2v) is 5.58. The molecule has 0 aliphatic rings. The number of aromatic nitrogens is 2. The zero-order chi connectivity index (χ0) is 14.8. The summed E-state index contributed by atoms with van der Waals surface area (Å²) in [4.78, 5) is 20.3. The minimum atomic E-state index is -4.46. The van der Waals surface area contributed by atoms with Gasteiger partial charge in [-0.15, -0.1) is 22.7 Å². The third-order valence-electron chi connectivity index (χ3n) is 2.21. The van der Waals surface area contributed by atoms with Gasteiger partial charge >= 0.3 is 12.2 Å². The van der Waals surface area contributed by atoms with Crippen LogP contribution in [0.2, 0.25) is 0 Å². The van der Waals surface area contributed by atoms with E-state index in [1.54, 1.807) is 5.38 Å². The molecule has 5 nitrogen and oxygen atoms in total. The lowest BCUT2D eigenvalue weighted by atomic mass is 10.5. The van der Waals surface area contributed by atoms with E-state index in [1.807, 2.05) is 0 Å². The predicted molar refractivity (Wildman–Crippen MR) is 69.7 cm³/mol. The van der Waals surface area contributed by atoms with Crippen LogP contribution in [0, 0.1) is 0 Å². The van der Waals surface area contributed by atoms with Crippen LogP contribution in [0.15, 0.2) is 17.0 Å². The Balaban J connectivity index is 1.95. The topological polar surface area (TPSA) is 58.1 Å². The summed E-state index contributed by atoms with van der Waals surface area (Å²) in [5.41, 5.74) is -0.939. The first-order valence-corrected chi connectivity index (χ1v) is 7.05. The minimum Gasteiger partial charge on any atom is -0.321 e. The van der Waals surface area contributed by atoms with E-state index in [0.29, 0.717) is 5.13 Å². The Labute approximate surface area is 120 Å². The van der Waals surface area contributed by atoms with Crippen molar-refractivity contribution >= 4 is 33.8 Å². The van der Waals surface area contributed by atoms with Crippen molar-refractivity contribution < 1.29 is 18.0 Å². The largest absolute Gasteiger partial charge is 0.434 e. The maximum Gasteiger partial charge on any atom is 0.434 e. The van der Waals surface area contributed by atoms with E-state index in [2.05, 4.69) is 15.3 Å². The molecular weight excluding hydrogens is 313 g/mol. The van der Waals surface area contributed by atoms with Gasteiger partial charge in [-0.2, -0.15) is 13.2 Å². The molecule has 0 unspecified atom stereocenters. The Kier molecular flexibility index (Phi) is 4.23. The SMILES string of the molecule is CN(Cc1nc(C(F)(F)F)cs1)C(=O)Nc1nccs1. The molecule has 0 aromatic carbocycles. The molecule has 1 N–H and O–H groups in total. The van der Waals surface area contributed by atoms with Crippen molar-refractivity contribution in [3.63, 3.8) is 0 Å². The highest BCUT2D eigenvalue weighted by atomic mass is 32.1. The van der Waals surface area contributed by atoms with Crippen molar-refractivity contribution in [2.75, 3.05) is 12.4 Å². The molecule has 0 aliphatic carbocycles. The second kappa shape index (κ2) is 5.75. The summed E-state index contributed by atoms with van der Waals surface area (Å²) in [7, 11) is 1.47. The first-order chi connectivity index (χ1) is 9.36. The van der Waals surface area contributed by atoms with Crippen LogP contribution in [-0.2, 0) is 12.7 Å². The predicted octanol–water partition coefficient (Wildman–Crippen LogP) is 3.28. The molecule has 0 aliphatic heterocycles. The van der Waals surface area contributed by atoms with Gasteiger partial charge in [0.05, 0.1) is 6.54 Å². The van der Waals surface area contributed by atoms with Gasteiger partial charge in [-0.1, -0.05) is 0 Å². The number of halogens is 3. The summed E-state index contributed by atoms with van der Waals surface area (Å²) in [5, 5.41) is 5.81. The van der Waals surface area contributed by atoms with E-state index < -0.39 is 17.9 Å². The molecule has 10 heteroatoms. The van der Waals surface area contributed by atoms with Gasteiger partial charge in [0.25, 0.3) is 0 Å². The number of carbonyl (C=O) groups is 1. The Bertz CT molecular complexity index is 582. The Morgan fingerprint density at radius 1 is 1.45 bits per heavy atom. The molecule has 2 rings (SSSR count). The van der Waals surface area contributed by atoms with E-state index in [1.165, 1.54) is 29.5 Å². The number of thiazole rings is 2. The van der Waals surface area contributed by atoms with Crippen LogP contribution in [0.5, 0.6) is 0 Å². The van der Waals surface area contributed by atoms with Gasteiger partial charge in [0.1, 0.15) is 5.01 Å². The summed E-state index contributed by atoms with van der Waals surface area (Å²) >= 11 is 2.12. The molecule has 108 valence electrons. The molecular formula is C10H9F3N4OS2. The first kappa shape index (κ1) is 14.7. The number of amides is 2. The molecule has 0 saturated carbocycles. The fourth-order valence-corrected chi connectivity index (χ4v) is 2.63. The molecule has 0 saturated heterocycles. The third-order valence-corrected chi connectivity index (χ3v) is 3.73. The normalized spacial score (nSPS) is 11.4. The van der Waals surface area contributed by atoms with Crippen LogP contribution in [0.4, 0.5) is 23.1 Å². The molecule has 0 bridgehead atoms. The van der Waals surface area contributed by atoms with Gasteiger partial charge in [-0.3, -0.25) is 5.32 Å². The highest BCUT2D eigenvalue weighted by Gasteiger charge is 2.33. The van der Waals surface area contributed by atoms with Gasteiger partial charge in [0, 0.05) is 24.0 Å². The first-order valence-electron chi connectivity index (χ1n) is 5.29. The number of hydrogen-bond donors (Lipinski definition) is 1. The monoisotopic (exact) mass is 322 g/mol. The summed E-state index contributed by atoms with van der Waals surface area (Å²) in [6.45, 7) is -0.00203. The molecule has 0 spiro atoms. The highest BCUT2D eigenvalue weighted by molar-refractivity contribution is 7.13. The van der Waals surface area contributed by atoms with Gasteiger partial charge in [0.2, 0.25) is 0 Å². The summed E-state index contributed by atoms with van der Waals surface area (Å²) in [6.07, 6.45) is -2.92. The number of carbonyl (C=O) groups excluding carboxylic acids is 1. The Morgan fingerprint density at radius 3 is 2.75 bits per heavy atom. The number of hydrogen-bond acceptors (Lipinski definition) is 5. The smallest absolute Gasteiger partial charge is 0.321 e. The molecule has 2 aromatic heterocycles. The van der Waals surface area contributed by atoms with Crippen LogP contribution in [0.1, 0.15) is 10.7 Å². The number of alkyl halides is 3. The van der Waals surface area contributed by atoms with Crippen molar-refractivity contribution in [1.82, 2.24) is 14.9 Å². The quantitative estimate of drug-likeness (QED) is 0.943. The zero-order valence-corrected chi connectivity index (χ0v) is 11.8. The molecule has 0 fully saturated rings. The lowest BCUT2D eigenvalue weighted by molar-refractivity contribution is -0.140. The summed E-state index contributed by atoms with van der Waals surface area (Å²) in [5.74, 6) is 0. The minimum absolute atomic E-state index is 0.00203. The average Bonchev–Trinajstić information content (AvgIpc) is 2.98. The van der Waals surface area contributed by atoms with Crippen molar-refractivity contribution in [2.45, 2.75) is 12.7 Å². The van der Waals surface area contributed by atoms with Crippen LogP contribution >= 0.6 is 22.7 Å². The standard InChI is InChI=1S/C10H9F3N4OS2/c1-17(9(18)16-8-14-2-3-19-8)4-7-15-6(5-20-7)10(11,12)13/h2-3,5H,4H2,1H3,(H,14,16,18). The van der Waals surface area contributed by atoms with E-state index >= 15 is 0 Å². The average molecular weight is 322 g/mol. The van der Waals surface area contributed by atoms with Gasteiger partial charge in [0.15, 0.2) is 10.8 Å².